The molecule has 0 radical (unpaired) electrons. The number of nitrogens with one attached hydrogen (secondary N) is 2. The molecule has 0 unspecified atom stereocenters. The third-order valence-electron chi connectivity index (χ3n) is 7.01. The summed E-state index contributed by atoms with van der Waals surface area (Å²) in [4.78, 5) is 34.6. The average Bonchev–Trinajstić information content (AvgIpc) is 3.55. The van der Waals surface area contributed by atoms with Crippen LogP contribution in [0.4, 0.5) is 5.69 Å². The largest absolute Gasteiger partial charge is 0.465 e. The number of carbonyl (C=O) groups excluding carboxylic acids is 3. The molecular weight excluding hydrogens is 655 g/mol. The molecule has 1 aliphatic heterocycles. The number of piperidine rings is 1. The predicted octanol–water partition coefficient (Wildman–Crippen LogP) is 5.35. The molecule has 46 heavy (non-hydrogen) atoms. The maximum atomic E-state index is 13.1. The van der Waals surface area contributed by atoms with Crippen molar-refractivity contribution in [1.29, 1.82) is 0 Å². The Balaban J connectivity index is 0.000000409. The van der Waals surface area contributed by atoms with Gasteiger partial charge in [0.15, 0.2) is 0 Å². The summed E-state index contributed by atoms with van der Waals surface area (Å²) in [5, 5.41) is 6.83. The van der Waals surface area contributed by atoms with Gasteiger partial charge < -0.3 is 25.5 Å². The van der Waals surface area contributed by atoms with Crippen LogP contribution in [0, 0.1) is 0 Å². The van der Waals surface area contributed by atoms with Crippen LogP contribution in [0.3, 0.4) is 0 Å². The number of benzene rings is 3. The highest BCUT2D eigenvalue weighted by Gasteiger charge is 2.32. The van der Waals surface area contributed by atoms with Gasteiger partial charge in [-0.25, -0.2) is 13.2 Å². The fraction of sp³-hybridized carbons (Fsp3) is 0.219. The van der Waals surface area contributed by atoms with Crippen LogP contribution in [0.1, 0.15) is 49.7 Å². The van der Waals surface area contributed by atoms with Gasteiger partial charge in [0.25, 0.3) is 15.9 Å². The molecule has 5 rings (SSSR count). The molecular formula is C32H32Cl2N4O7S. The Bertz CT molecular complexity index is 1790. The molecule has 11 nitrogen and oxygen atoms in total. The van der Waals surface area contributed by atoms with E-state index in [1.54, 1.807) is 66.7 Å². The Hall–Kier alpha value is -4.36. The third kappa shape index (κ3) is 9.10. The van der Waals surface area contributed by atoms with Crippen LogP contribution in [-0.2, 0) is 21.3 Å². The Morgan fingerprint density at radius 3 is 2.26 bits per heavy atom. The second-order valence-electron chi connectivity index (χ2n) is 10.1. The lowest BCUT2D eigenvalue weighted by Crippen LogP contribution is -2.42. The lowest BCUT2D eigenvalue weighted by atomic mass is 10.1. The van der Waals surface area contributed by atoms with Crippen molar-refractivity contribution in [3.8, 4) is 0 Å². The van der Waals surface area contributed by atoms with Gasteiger partial charge in [-0.3, -0.25) is 9.59 Å². The second kappa shape index (κ2) is 15.8. The Labute approximate surface area is 276 Å². The number of furan rings is 1. The SMILES string of the molecule is COC(=O)c1cccc(NC2CCN(S(=O)(=O)c3ccc(CNC(=O)c4ccc(Cl)cc4)o3)CC2)c1.NC(=O)c1ccccc1Cl. The quantitative estimate of drug-likeness (QED) is 0.199. The first-order chi connectivity index (χ1) is 22.0. The molecule has 1 saturated heterocycles. The first-order valence-corrected chi connectivity index (χ1v) is 16.3. The van der Waals surface area contributed by atoms with E-state index in [2.05, 4.69) is 10.6 Å². The third-order valence-corrected chi connectivity index (χ3v) is 9.36. The number of hydrogen-bond donors (Lipinski definition) is 3. The lowest BCUT2D eigenvalue weighted by Gasteiger charge is -2.31. The molecule has 0 aliphatic carbocycles. The number of primary amides is 1. The van der Waals surface area contributed by atoms with E-state index in [-0.39, 0.29) is 23.6 Å². The highest BCUT2D eigenvalue weighted by atomic mass is 35.5. The molecule has 1 aromatic heterocycles. The molecule has 242 valence electrons. The maximum absolute atomic E-state index is 13.1. The van der Waals surface area contributed by atoms with E-state index < -0.39 is 21.9 Å². The van der Waals surface area contributed by atoms with E-state index in [0.717, 1.165) is 5.69 Å². The van der Waals surface area contributed by atoms with Crippen LogP contribution in [0.25, 0.3) is 0 Å². The zero-order chi connectivity index (χ0) is 33.3. The van der Waals surface area contributed by atoms with Crippen LogP contribution in [-0.4, -0.2) is 56.7 Å². The average molecular weight is 688 g/mol. The van der Waals surface area contributed by atoms with Gasteiger partial charge in [0, 0.05) is 35.4 Å². The smallest absolute Gasteiger partial charge is 0.337 e. The van der Waals surface area contributed by atoms with Gasteiger partial charge in [0.05, 0.1) is 29.8 Å². The summed E-state index contributed by atoms with van der Waals surface area (Å²) in [6.45, 7) is 0.688. The van der Waals surface area contributed by atoms with Crippen LogP contribution < -0.4 is 16.4 Å². The number of esters is 1. The van der Waals surface area contributed by atoms with Gasteiger partial charge in [-0.15, -0.1) is 0 Å². The van der Waals surface area contributed by atoms with Crippen LogP contribution in [0.2, 0.25) is 10.0 Å². The maximum Gasteiger partial charge on any atom is 0.337 e. The molecule has 4 N–H and O–H groups in total. The minimum Gasteiger partial charge on any atom is -0.465 e. The monoisotopic (exact) mass is 686 g/mol. The lowest BCUT2D eigenvalue weighted by molar-refractivity contribution is 0.0600. The number of methoxy groups -OCH3 is 1. The number of nitrogens with zero attached hydrogens (tertiary/aromatic N) is 1. The van der Waals surface area contributed by atoms with Crippen molar-refractivity contribution in [2.24, 2.45) is 5.73 Å². The number of sulfonamides is 1. The van der Waals surface area contributed by atoms with Crippen molar-refractivity contribution >= 4 is 56.7 Å². The number of anilines is 1. The number of hydrogen-bond acceptors (Lipinski definition) is 8. The topological polar surface area (TPSA) is 161 Å². The number of ether oxygens (including phenoxy) is 1. The van der Waals surface area contributed by atoms with E-state index >= 15 is 0 Å². The van der Waals surface area contributed by atoms with E-state index in [1.165, 1.54) is 23.5 Å². The van der Waals surface area contributed by atoms with Crippen molar-refractivity contribution < 1.29 is 32.0 Å². The Morgan fingerprint density at radius 1 is 0.935 bits per heavy atom. The molecule has 3 aromatic carbocycles. The first-order valence-electron chi connectivity index (χ1n) is 14.1. The molecule has 0 spiro atoms. The van der Waals surface area contributed by atoms with E-state index in [4.69, 9.17) is 38.1 Å². The van der Waals surface area contributed by atoms with Gasteiger partial charge in [0.1, 0.15) is 5.76 Å². The van der Waals surface area contributed by atoms with Crippen molar-refractivity contribution in [3.63, 3.8) is 0 Å². The summed E-state index contributed by atoms with van der Waals surface area (Å²) in [6, 6.07) is 23.1. The Morgan fingerprint density at radius 2 is 1.63 bits per heavy atom. The summed E-state index contributed by atoms with van der Waals surface area (Å²) in [7, 11) is -2.47. The Kier molecular flexibility index (Phi) is 11.8. The number of halogens is 2. The molecule has 1 fully saturated rings. The highest BCUT2D eigenvalue weighted by Crippen LogP contribution is 2.25. The summed E-state index contributed by atoms with van der Waals surface area (Å²) < 4.78 is 37.8. The summed E-state index contributed by atoms with van der Waals surface area (Å²) in [5.74, 6) is -0.898. The standard InChI is InChI=1S/C25H26ClN3O6S.C7H6ClNO/c1-34-25(31)18-3-2-4-21(15-18)28-20-11-13-29(14-12-20)36(32,33)23-10-9-22(35-23)16-27-24(30)17-5-7-19(26)8-6-17;8-6-4-2-1-3-5(6)7(9)10/h2-10,15,20,28H,11-14,16H2,1H3,(H,27,30);1-4H,(H2,9,10). The van der Waals surface area contributed by atoms with E-state index in [1.807, 2.05) is 6.07 Å². The summed E-state index contributed by atoms with van der Waals surface area (Å²) in [5.41, 5.74) is 7.01. The minimum atomic E-state index is -3.80. The van der Waals surface area contributed by atoms with Gasteiger partial charge >= 0.3 is 5.97 Å². The van der Waals surface area contributed by atoms with Crippen LogP contribution in [0.15, 0.2) is 94.4 Å². The molecule has 4 aromatic rings. The van der Waals surface area contributed by atoms with Crippen molar-refractivity contribution in [1.82, 2.24) is 9.62 Å². The van der Waals surface area contributed by atoms with Gasteiger partial charge in [-0.2, -0.15) is 4.31 Å². The van der Waals surface area contributed by atoms with Crippen LogP contribution >= 0.6 is 23.2 Å². The fourth-order valence-corrected chi connectivity index (χ4v) is 6.33. The van der Waals surface area contributed by atoms with Crippen LogP contribution in [0.5, 0.6) is 0 Å². The second-order valence-corrected chi connectivity index (χ2v) is 12.9. The van der Waals surface area contributed by atoms with Gasteiger partial charge in [0.2, 0.25) is 11.0 Å². The fourth-order valence-electron chi connectivity index (χ4n) is 4.58. The summed E-state index contributed by atoms with van der Waals surface area (Å²) in [6.07, 6.45) is 1.18. The molecule has 0 bridgehead atoms. The first kappa shape index (κ1) is 34.5. The zero-order valence-corrected chi connectivity index (χ0v) is 27.1. The number of nitrogens with two attached hydrogens (primary N) is 1. The minimum absolute atomic E-state index is 0.0492. The number of rotatable bonds is 9. The number of carbonyl (C=O) groups is 3. The van der Waals surface area contributed by atoms with E-state index in [0.29, 0.717) is 58.4 Å². The molecule has 0 saturated carbocycles. The predicted molar refractivity (Wildman–Crippen MR) is 174 cm³/mol. The van der Waals surface area contributed by atoms with Crippen molar-refractivity contribution in [2.45, 2.75) is 30.5 Å². The molecule has 0 atom stereocenters. The van der Waals surface area contributed by atoms with E-state index in [9.17, 15) is 22.8 Å². The zero-order valence-electron chi connectivity index (χ0n) is 24.7. The molecule has 14 heteroatoms. The molecule has 1 aliphatic rings. The van der Waals surface area contributed by atoms with Gasteiger partial charge in [-0.1, -0.05) is 41.4 Å². The van der Waals surface area contributed by atoms with Gasteiger partial charge in [-0.05, 0) is 79.6 Å². The normalized spacial score (nSPS) is 13.6. The van der Waals surface area contributed by atoms with Crippen molar-refractivity contribution in [3.05, 3.63) is 117 Å². The molecule has 2 amide bonds. The summed E-state index contributed by atoms with van der Waals surface area (Å²) >= 11 is 11.5. The highest BCUT2D eigenvalue weighted by molar-refractivity contribution is 7.89. The number of amides is 2. The molecule has 2 heterocycles. The van der Waals surface area contributed by atoms with Crippen molar-refractivity contribution in [2.75, 3.05) is 25.5 Å².